The molecule has 6 nitrogen and oxygen atoms in total. The molecular weight excluding hydrogens is 407 g/mol. The first-order valence-electron chi connectivity index (χ1n) is 9.08. The summed E-state index contributed by atoms with van der Waals surface area (Å²) in [5, 5.41) is 4.71. The molecule has 0 spiro atoms. The number of amides is 1. The summed E-state index contributed by atoms with van der Waals surface area (Å²) in [5.41, 5.74) is 2.84. The Labute approximate surface area is 176 Å². The van der Waals surface area contributed by atoms with Gasteiger partial charge in [-0.05, 0) is 42.0 Å². The first-order chi connectivity index (χ1) is 14.5. The third-order valence-corrected chi connectivity index (χ3v) is 4.91. The van der Waals surface area contributed by atoms with Crippen LogP contribution >= 0.6 is 11.6 Å². The van der Waals surface area contributed by atoms with Crippen LogP contribution in [0.2, 0.25) is 5.02 Å². The highest BCUT2D eigenvalue weighted by Gasteiger charge is 2.27. The normalized spacial score (nSPS) is 10.8. The van der Waals surface area contributed by atoms with Crippen LogP contribution in [0.5, 0.6) is 0 Å². The molecule has 0 aliphatic carbocycles. The Balaban J connectivity index is 1.87. The van der Waals surface area contributed by atoms with Gasteiger partial charge in [0.1, 0.15) is 17.8 Å². The second-order valence-corrected chi connectivity index (χ2v) is 6.92. The van der Waals surface area contributed by atoms with E-state index in [1.807, 2.05) is 18.2 Å². The lowest BCUT2D eigenvalue weighted by atomic mass is 10.0. The first kappa shape index (κ1) is 19.7. The summed E-state index contributed by atoms with van der Waals surface area (Å²) in [6, 6.07) is 14.8. The maximum atomic E-state index is 13.4. The van der Waals surface area contributed by atoms with Crippen molar-refractivity contribution in [2.45, 2.75) is 13.5 Å². The number of halogens is 2. The van der Waals surface area contributed by atoms with Gasteiger partial charge in [0.05, 0.1) is 17.8 Å². The Kier molecular flexibility index (Phi) is 5.54. The molecule has 0 bridgehead atoms. The second kappa shape index (κ2) is 8.42. The van der Waals surface area contributed by atoms with Crippen LogP contribution in [0.15, 0.2) is 71.6 Å². The van der Waals surface area contributed by atoms with Crippen molar-refractivity contribution in [1.82, 2.24) is 15.1 Å². The van der Waals surface area contributed by atoms with E-state index < -0.39 is 0 Å². The van der Waals surface area contributed by atoms with Gasteiger partial charge < -0.3 is 4.52 Å². The van der Waals surface area contributed by atoms with E-state index in [-0.39, 0.29) is 24.2 Å². The topological polar surface area (TPSA) is 72.1 Å². The predicted molar refractivity (Wildman–Crippen MR) is 111 cm³/mol. The van der Waals surface area contributed by atoms with Crippen LogP contribution in [-0.4, -0.2) is 21.0 Å². The molecule has 0 saturated heterocycles. The van der Waals surface area contributed by atoms with E-state index in [4.69, 9.17) is 16.1 Å². The van der Waals surface area contributed by atoms with Crippen molar-refractivity contribution in [1.29, 1.82) is 0 Å². The fourth-order valence-electron chi connectivity index (χ4n) is 3.06. The van der Waals surface area contributed by atoms with E-state index in [0.717, 1.165) is 5.56 Å². The molecule has 4 aromatic rings. The quantitative estimate of drug-likeness (QED) is 0.445. The molecule has 0 saturated carbocycles. The van der Waals surface area contributed by atoms with E-state index in [1.165, 1.54) is 30.3 Å². The summed E-state index contributed by atoms with van der Waals surface area (Å²) >= 11 is 6.29. The van der Waals surface area contributed by atoms with Crippen LogP contribution < -0.4 is 4.90 Å². The fourth-order valence-corrected chi connectivity index (χ4v) is 3.26. The molecule has 0 atom stereocenters. The highest BCUT2D eigenvalue weighted by molar-refractivity contribution is 6.31. The largest absolute Gasteiger partial charge is 0.337 e. The van der Waals surface area contributed by atoms with E-state index in [1.54, 1.807) is 30.5 Å². The second-order valence-electron chi connectivity index (χ2n) is 6.51. The van der Waals surface area contributed by atoms with Crippen LogP contribution in [0.1, 0.15) is 12.5 Å². The van der Waals surface area contributed by atoms with Crippen molar-refractivity contribution in [2.75, 3.05) is 4.90 Å². The highest BCUT2D eigenvalue weighted by Crippen LogP contribution is 2.39. The van der Waals surface area contributed by atoms with Crippen LogP contribution in [0.3, 0.4) is 0 Å². The van der Waals surface area contributed by atoms with Crippen LogP contribution in [-0.2, 0) is 11.3 Å². The molecule has 0 fully saturated rings. The lowest BCUT2D eigenvalue weighted by Gasteiger charge is -2.19. The lowest BCUT2D eigenvalue weighted by molar-refractivity contribution is -0.116. The van der Waals surface area contributed by atoms with Gasteiger partial charge >= 0.3 is 0 Å². The summed E-state index contributed by atoms with van der Waals surface area (Å²) < 4.78 is 19.0. The summed E-state index contributed by atoms with van der Waals surface area (Å²) in [4.78, 5) is 22.2. The van der Waals surface area contributed by atoms with E-state index in [9.17, 15) is 9.18 Å². The standard InChI is InChI=1S/C22H16ClFN4O2/c1-14(29)28(12-16-4-2-3-5-18(16)23)22-20(19-10-11-25-13-26-19)21(27-30-22)15-6-8-17(24)9-7-15/h2-11,13H,12H2,1H3. The van der Waals surface area contributed by atoms with Crippen molar-refractivity contribution < 1.29 is 13.7 Å². The summed E-state index contributed by atoms with van der Waals surface area (Å²) in [5.74, 6) is -0.400. The van der Waals surface area contributed by atoms with Crippen molar-refractivity contribution in [3.05, 3.63) is 83.5 Å². The average Bonchev–Trinajstić information content (AvgIpc) is 3.18. The Morgan fingerprint density at radius 1 is 1.13 bits per heavy atom. The number of rotatable bonds is 5. The minimum Gasteiger partial charge on any atom is -0.337 e. The van der Waals surface area contributed by atoms with Gasteiger partial charge in [-0.3, -0.25) is 9.69 Å². The Morgan fingerprint density at radius 3 is 2.57 bits per heavy atom. The zero-order valence-electron chi connectivity index (χ0n) is 15.9. The van der Waals surface area contributed by atoms with Gasteiger partial charge in [-0.1, -0.05) is 35.0 Å². The smallest absolute Gasteiger partial charge is 0.244 e. The van der Waals surface area contributed by atoms with Crippen LogP contribution in [0, 0.1) is 5.82 Å². The minimum absolute atomic E-state index is 0.186. The fraction of sp³-hybridized carbons (Fsp3) is 0.0909. The molecule has 2 heterocycles. The molecule has 150 valence electrons. The SMILES string of the molecule is CC(=O)N(Cc1ccccc1Cl)c1onc(-c2ccc(F)cc2)c1-c1ccncn1. The molecule has 0 aliphatic heterocycles. The van der Waals surface area contributed by atoms with Gasteiger partial charge in [0.2, 0.25) is 11.8 Å². The molecule has 30 heavy (non-hydrogen) atoms. The molecule has 0 aliphatic rings. The Morgan fingerprint density at radius 2 is 1.90 bits per heavy atom. The van der Waals surface area contributed by atoms with Gasteiger partial charge in [0.25, 0.3) is 0 Å². The van der Waals surface area contributed by atoms with Crippen molar-refractivity contribution in [3.63, 3.8) is 0 Å². The number of aromatic nitrogens is 3. The monoisotopic (exact) mass is 422 g/mol. The zero-order chi connectivity index (χ0) is 21.1. The number of nitrogens with zero attached hydrogens (tertiary/aromatic N) is 4. The van der Waals surface area contributed by atoms with E-state index in [0.29, 0.717) is 27.5 Å². The van der Waals surface area contributed by atoms with Crippen molar-refractivity contribution in [2.24, 2.45) is 0 Å². The van der Waals surface area contributed by atoms with Crippen molar-refractivity contribution >= 4 is 23.4 Å². The molecule has 0 radical (unpaired) electrons. The lowest BCUT2D eigenvalue weighted by Crippen LogP contribution is -2.28. The molecule has 2 aromatic heterocycles. The highest BCUT2D eigenvalue weighted by atomic mass is 35.5. The third-order valence-electron chi connectivity index (χ3n) is 4.54. The predicted octanol–water partition coefficient (Wildman–Crippen LogP) is 5.14. The number of benzene rings is 2. The number of hydrogen-bond acceptors (Lipinski definition) is 5. The van der Waals surface area contributed by atoms with E-state index >= 15 is 0 Å². The number of carbonyl (C=O) groups excluding carboxylic acids is 1. The third kappa shape index (κ3) is 3.92. The zero-order valence-corrected chi connectivity index (χ0v) is 16.7. The van der Waals surface area contributed by atoms with Crippen LogP contribution in [0.25, 0.3) is 22.5 Å². The molecule has 4 rings (SSSR count). The molecular formula is C22H16ClFN4O2. The van der Waals surface area contributed by atoms with E-state index in [2.05, 4.69) is 15.1 Å². The molecule has 0 N–H and O–H groups in total. The minimum atomic E-state index is -0.366. The van der Waals surface area contributed by atoms with Gasteiger partial charge in [0, 0.05) is 23.7 Å². The average molecular weight is 423 g/mol. The van der Waals surface area contributed by atoms with Gasteiger partial charge in [-0.2, -0.15) is 0 Å². The van der Waals surface area contributed by atoms with Gasteiger partial charge in [0.15, 0.2) is 0 Å². The van der Waals surface area contributed by atoms with Crippen molar-refractivity contribution in [3.8, 4) is 22.5 Å². The van der Waals surface area contributed by atoms with Crippen LogP contribution in [0.4, 0.5) is 10.3 Å². The van der Waals surface area contributed by atoms with Gasteiger partial charge in [-0.15, -0.1) is 0 Å². The summed E-state index contributed by atoms with van der Waals surface area (Å²) in [6.45, 7) is 1.62. The number of anilines is 1. The maximum absolute atomic E-state index is 13.4. The molecule has 0 unspecified atom stereocenters. The maximum Gasteiger partial charge on any atom is 0.244 e. The van der Waals surface area contributed by atoms with Gasteiger partial charge in [-0.25, -0.2) is 14.4 Å². The number of hydrogen-bond donors (Lipinski definition) is 0. The Hall–Kier alpha value is -3.58. The molecule has 2 aromatic carbocycles. The molecule has 1 amide bonds. The summed E-state index contributed by atoms with van der Waals surface area (Å²) in [6.07, 6.45) is 2.98. The summed E-state index contributed by atoms with van der Waals surface area (Å²) in [7, 11) is 0. The Bertz CT molecular complexity index is 1180. The molecule has 8 heteroatoms. The number of carbonyl (C=O) groups is 1. The first-order valence-corrected chi connectivity index (χ1v) is 9.46.